The Morgan fingerprint density at radius 2 is 0.915 bits per heavy atom. The van der Waals surface area contributed by atoms with E-state index in [1.807, 2.05) is 0 Å². The van der Waals surface area contributed by atoms with Gasteiger partial charge in [0.1, 0.15) is 0 Å². The summed E-state index contributed by atoms with van der Waals surface area (Å²) in [4.78, 5) is 0. The van der Waals surface area contributed by atoms with Crippen LogP contribution in [0.15, 0.2) is 109 Å². The number of hydrogen-bond donors (Lipinski definition) is 0. The van der Waals surface area contributed by atoms with Crippen molar-refractivity contribution >= 4 is 48.1 Å². The fourth-order valence-electron chi connectivity index (χ4n) is 14.3. The van der Waals surface area contributed by atoms with Gasteiger partial charge in [-0.2, -0.15) is 12.1 Å². The van der Waals surface area contributed by atoms with E-state index in [-0.39, 0.29) is 0 Å². The van der Waals surface area contributed by atoms with Gasteiger partial charge >= 0.3 is 37.9 Å². The minimum absolute atomic E-state index is 0.509. The Morgan fingerprint density at radius 3 is 1.29 bits per heavy atom. The maximum absolute atomic E-state index is 4.93. The van der Waals surface area contributed by atoms with E-state index in [1.165, 1.54) is 132 Å². The first-order valence-corrected chi connectivity index (χ1v) is 31.2. The summed E-state index contributed by atoms with van der Waals surface area (Å²) >= 11 is -0.826. The van der Waals surface area contributed by atoms with Crippen molar-refractivity contribution in [1.29, 1.82) is 0 Å². The molecule has 0 N–H and O–H groups in total. The molecule has 0 heterocycles. The Bertz CT molecular complexity index is 2270. The topological polar surface area (TPSA) is 0 Å². The first-order valence-electron chi connectivity index (χ1n) is 22.8. The maximum atomic E-state index is 4.93. The van der Waals surface area contributed by atoms with Crippen LogP contribution >= 0.6 is 17.0 Å². The molecule has 0 atom stereocenters. The third-order valence-corrected chi connectivity index (χ3v) is 15.8. The molecule has 8 saturated carbocycles. The number of rotatable bonds is 5. The monoisotopic (exact) mass is 910 g/mol. The summed E-state index contributed by atoms with van der Waals surface area (Å²) in [5.74, 6) is 6.09. The molecular formula is C55H62Cl2SiZr. The molecule has 59 heavy (non-hydrogen) atoms. The molecule has 0 aromatic heterocycles. The van der Waals surface area contributed by atoms with Gasteiger partial charge in [-0.3, -0.25) is 0 Å². The molecule has 4 heteroatoms. The second-order valence-electron chi connectivity index (χ2n) is 20.0. The van der Waals surface area contributed by atoms with E-state index in [4.69, 9.17) is 17.0 Å². The van der Waals surface area contributed by atoms with Crippen LogP contribution in [0.25, 0.3) is 43.8 Å². The van der Waals surface area contributed by atoms with Crippen LogP contribution in [-0.4, -0.2) is 9.52 Å². The van der Waals surface area contributed by atoms with E-state index in [0.29, 0.717) is 10.8 Å². The Kier molecular flexibility index (Phi) is 12.8. The normalized spacial score (nSPS) is 29.3. The predicted molar refractivity (Wildman–Crippen MR) is 253 cm³/mol. The van der Waals surface area contributed by atoms with Gasteiger partial charge in [-0.05, 0) is 152 Å². The molecule has 0 aliphatic heterocycles. The van der Waals surface area contributed by atoms with Crippen LogP contribution in [0.3, 0.4) is 0 Å². The van der Waals surface area contributed by atoms with E-state index in [0.717, 1.165) is 51.4 Å². The summed E-state index contributed by atoms with van der Waals surface area (Å²) in [5.41, 5.74) is 12.6. The summed E-state index contributed by atoms with van der Waals surface area (Å²) in [6.07, 6.45) is 19.0. The molecule has 8 bridgehead atoms. The Hall–Kier alpha value is -2.22. The van der Waals surface area contributed by atoms with Crippen molar-refractivity contribution in [2.45, 2.75) is 121 Å². The molecule has 8 aliphatic carbocycles. The molecule has 2 radical (unpaired) electrons. The van der Waals surface area contributed by atoms with Gasteiger partial charge in [0.2, 0.25) is 0 Å². The average molecular weight is 913 g/mol. The molecule has 0 spiro atoms. The zero-order valence-electron chi connectivity index (χ0n) is 35.8. The summed E-state index contributed by atoms with van der Waals surface area (Å²) in [6.45, 7) is 8.74. The van der Waals surface area contributed by atoms with Gasteiger partial charge in [-0.1, -0.05) is 98.7 Å². The molecule has 304 valence electrons. The van der Waals surface area contributed by atoms with Crippen LogP contribution in [0.1, 0.15) is 106 Å². The minimum atomic E-state index is -0.826. The fraction of sp³-hybridized carbons (Fsp3) is 0.455. The number of hydrogen-bond acceptors (Lipinski definition) is 0. The molecule has 8 fully saturated rings. The van der Waals surface area contributed by atoms with Crippen molar-refractivity contribution in [2.75, 3.05) is 0 Å². The van der Waals surface area contributed by atoms with Crippen LogP contribution in [-0.2, 0) is 38.1 Å². The molecule has 0 saturated heterocycles. The fourth-order valence-corrected chi connectivity index (χ4v) is 14.3. The third-order valence-electron chi connectivity index (χ3n) is 15.8. The molecule has 0 unspecified atom stereocenters. The van der Waals surface area contributed by atoms with Gasteiger partial charge < -0.3 is 0 Å². The molecule has 6 aromatic carbocycles. The first-order chi connectivity index (χ1) is 28.7. The van der Waals surface area contributed by atoms with E-state index >= 15 is 0 Å². The van der Waals surface area contributed by atoms with Crippen LogP contribution in [0.5, 0.6) is 0 Å². The molecule has 0 nitrogen and oxygen atoms in total. The Balaban J connectivity index is 0.000000135. The number of fused-ring (bicyclic) bond motifs is 2. The second-order valence-corrected chi connectivity index (χ2v) is 24.7. The van der Waals surface area contributed by atoms with Gasteiger partial charge in [-0.25, -0.2) is 0 Å². The predicted octanol–water partition coefficient (Wildman–Crippen LogP) is 16.4. The summed E-state index contributed by atoms with van der Waals surface area (Å²) in [7, 11) is 11.0. The molecule has 8 aliphatic rings. The number of aryl methyl sites for hydroxylation is 2. The van der Waals surface area contributed by atoms with E-state index in [2.05, 4.69) is 136 Å². The SMILES string of the molecule is CCc1cc2c(-c3ccc(C45CC6CC(CC(C6)C4)C5)cc3)cccc2[cH-]1.C[Si]C.Cc1cc2c(-c3ccc(C45CC6CC(CC(C6)C4)C5)cc3)cccc2[cH-]1.[Cl][Zr+2][Cl]. The number of benzene rings is 4. The van der Waals surface area contributed by atoms with E-state index in [9.17, 15) is 0 Å². The van der Waals surface area contributed by atoms with E-state index < -0.39 is 20.8 Å². The van der Waals surface area contributed by atoms with Crippen LogP contribution in [0.2, 0.25) is 13.1 Å². The summed E-state index contributed by atoms with van der Waals surface area (Å²) < 4.78 is 0. The van der Waals surface area contributed by atoms with Gasteiger partial charge in [0.25, 0.3) is 0 Å². The van der Waals surface area contributed by atoms with Gasteiger partial charge in [0, 0.05) is 9.52 Å². The second kappa shape index (κ2) is 17.9. The molecule has 0 amide bonds. The van der Waals surface area contributed by atoms with Gasteiger partial charge in [0.05, 0.1) is 0 Å². The zero-order chi connectivity index (χ0) is 40.7. The average Bonchev–Trinajstić information content (AvgIpc) is 3.84. The quantitative estimate of drug-likeness (QED) is 0.119. The molecular weight excluding hydrogens is 851 g/mol. The zero-order valence-corrected chi connectivity index (χ0v) is 40.8. The van der Waals surface area contributed by atoms with Gasteiger partial charge in [-0.15, -0.1) is 69.1 Å². The molecule has 6 aromatic rings. The van der Waals surface area contributed by atoms with Crippen molar-refractivity contribution in [2.24, 2.45) is 35.5 Å². The number of halogens is 2. The first kappa shape index (κ1) is 42.1. The third kappa shape index (κ3) is 8.50. The van der Waals surface area contributed by atoms with Crippen molar-refractivity contribution in [3.05, 3.63) is 131 Å². The molecule has 14 rings (SSSR count). The standard InChI is InChI=1S/C27H29.C26H27.C2H6Si.2ClH.Zr/c1-2-18-13-23-4-3-5-25(26(23)14-18)22-6-8-24(9-7-22)27-15-19-10-20(16-27)12-21(11-19)17-27;1-17-9-22-3-2-4-24(25(22)10-17)21-5-7-23(8-6-21)26-14-18-11-19(15-26)13-20(12-18)16-26;1-3-2;;;/h3-9,13-14,19-21H,2,10-12,15-17H2,1H3;2-10,18-20H,11-16H2,1H3;1-2H3;2*1H;/q2*-1;;;;+4/p-2. The van der Waals surface area contributed by atoms with Crippen molar-refractivity contribution < 1.29 is 20.8 Å². The van der Waals surface area contributed by atoms with Crippen molar-refractivity contribution in [3.63, 3.8) is 0 Å². The summed E-state index contributed by atoms with van der Waals surface area (Å²) in [5, 5.41) is 5.56. The van der Waals surface area contributed by atoms with Crippen LogP contribution < -0.4 is 0 Å². The van der Waals surface area contributed by atoms with Gasteiger partial charge in [0.15, 0.2) is 0 Å². The van der Waals surface area contributed by atoms with E-state index in [1.54, 1.807) is 11.1 Å². The van der Waals surface area contributed by atoms with Crippen molar-refractivity contribution in [1.82, 2.24) is 0 Å². The Morgan fingerprint density at radius 1 is 0.559 bits per heavy atom. The van der Waals surface area contributed by atoms with Crippen LogP contribution in [0.4, 0.5) is 0 Å². The van der Waals surface area contributed by atoms with Crippen molar-refractivity contribution in [3.8, 4) is 22.3 Å². The van der Waals surface area contributed by atoms with Crippen LogP contribution in [0, 0.1) is 42.4 Å². The Labute approximate surface area is 376 Å². The summed E-state index contributed by atoms with van der Waals surface area (Å²) in [6, 6.07) is 42.3.